The summed E-state index contributed by atoms with van der Waals surface area (Å²) in [6.07, 6.45) is 1.30. The van der Waals surface area contributed by atoms with Gasteiger partial charge in [0, 0.05) is 13.3 Å². The third-order valence-electron chi connectivity index (χ3n) is 2.10. The molecule has 0 aromatic heterocycles. The van der Waals surface area contributed by atoms with Crippen molar-refractivity contribution in [3.63, 3.8) is 0 Å². The van der Waals surface area contributed by atoms with Crippen LogP contribution in [0.4, 0.5) is 0 Å². The van der Waals surface area contributed by atoms with Crippen LogP contribution in [0.1, 0.15) is 5.56 Å². The molecule has 0 aliphatic heterocycles. The van der Waals surface area contributed by atoms with Crippen molar-refractivity contribution in [2.45, 2.75) is 11.3 Å². The number of nitrogens with two attached hydrogens (primary N) is 1. The van der Waals surface area contributed by atoms with E-state index in [1.54, 1.807) is 12.1 Å². The molecule has 0 saturated carbocycles. The number of rotatable bonds is 3. The van der Waals surface area contributed by atoms with E-state index < -0.39 is 9.84 Å². The Morgan fingerprint density at radius 2 is 1.81 bits per heavy atom. The number of likely N-dealkylation sites (N-methyl/N-ethyl adjacent to an activating group) is 1. The Kier molecular flexibility index (Phi) is 3.66. The number of carbonyl (C=O) groups excluding carboxylic acids is 1. The van der Waals surface area contributed by atoms with E-state index in [0.29, 0.717) is 0 Å². The molecule has 0 aliphatic carbocycles. The van der Waals surface area contributed by atoms with Gasteiger partial charge in [0.1, 0.15) is 0 Å². The molecule has 0 atom stereocenters. The minimum Gasteiger partial charge on any atom is -0.284 e. The van der Waals surface area contributed by atoms with Gasteiger partial charge in [0.15, 0.2) is 9.84 Å². The molecule has 0 aliphatic rings. The van der Waals surface area contributed by atoms with Crippen LogP contribution in [0.15, 0.2) is 29.2 Å². The average molecular weight is 242 g/mol. The summed E-state index contributed by atoms with van der Waals surface area (Å²) in [6, 6.07) is 6.18. The van der Waals surface area contributed by atoms with Crippen LogP contribution < -0.4 is 5.84 Å². The molecule has 5 nitrogen and oxygen atoms in total. The first-order valence-electron chi connectivity index (χ1n) is 4.61. The van der Waals surface area contributed by atoms with Crippen molar-refractivity contribution >= 4 is 15.7 Å². The van der Waals surface area contributed by atoms with E-state index in [1.165, 1.54) is 19.2 Å². The highest BCUT2D eigenvalue weighted by atomic mass is 32.2. The Bertz CT molecular complexity index is 477. The van der Waals surface area contributed by atoms with Crippen molar-refractivity contribution in [3.8, 4) is 0 Å². The monoisotopic (exact) mass is 242 g/mol. The van der Waals surface area contributed by atoms with Crippen molar-refractivity contribution in [2.24, 2.45) is 5.84 Å². The van der Waals surface area contributed by atoms with Gasteiger partial charge in [-0.05, 0) is 17.7 Å². The molecule has 0 spiro atoms. The fraction of sp³-hybridized carbons (Fsp3) is 0.300. The van der Waals surface area contributed by atoms with Crippen molar-refractivity contribution in [1.29, 1.82) is 0 Å². The molecule has 1 aromatic rings. The van der Waals surface area contributed by atoms with Gasteiger partial charge in [-0.2, -0.15) is 0 Å². The number of amides is 1. The number of hydrogen-bond acceptors (Lipinski definition) is 4. The van der Waals surface area contributed by atoms with E-state index in [9.17, 15) is 13.2 Å². The van der Waals surface area contributed by atoms with Crippen LogP contribution in [0.2, 0.25) is 0 Å². The van der Waals surface area contributed by atoms with Crippen LogP contribution in [0.25, 0.3) is 0 Å². The van der Waals surface area contributed by atoms with E-state index in [1.807, 2.05) is 0 Å². The van der Waals surface area contributed by atoms with Crippen molar-refractivity contribution < 1.29 is 13.2 Å². The van der Waals surface area contributed by atoms with Gasteiger partial charge in [0.25, 0.3) is 0 Å². The normalized spacial score (nSPS) is 11.2. The lowest BCUT2D eigenvalue weighted by atomic mass is 10.1. The summed E-state index contributed by atoms with van der Waals surface area (Å²) in [5.41, 5.74) is 0.731. The molecule has 2 N–H and O–H groups in total. The van der Waals surface area contributed by atoms with E-state index in [-0.39, 0.29) is 17.2 Å². The largest absolute Gasteiger partial charge is 0.284 e. The quantitative estimate of drug-likeness (QED) is 0.458. The third-order valence-corrected chi connectivity index (χ3v) is 3.23. The molecule has 1 rings (SSSR count). The number of carbonyl (C=O) groups is 1. The van der Waals surface area contributed by atoms with E-state index in [2.05, 4.69) is 0 Å². The van der Waals surface area contributed by atoms with Gasteiger partial charge in [0.2, 0.25) is 5.91 Å². The van der Waals surface area contributed by atoms with Gasteiger partial charge in [-0.3, -0.25) is 9.80 Å². The number of hydrazine groups is 1. The molecule has 16 heavy (non-hydrogen) atoms. The van der Waals surface area contributed by atoms with E-state index >= 15 is 0 Å². The standard InChI is InChI=1S/C10H14N2O3S/c1-12(11)10(13)7-8-3-5-9(6-4-8)16(2,14)15/h3-6H,7,11H2,1-2H3. The SMILES string of the molecule is CN(N)C(=O)Cc1ccc(S(C)(=O)=O)cc1. The topological polar surface area (TPSA) is 80.5 Å². The predicted octanol–water partition coefficient (Wildman–Crippen LogP) is -0.0353. The molecule has 6 heteroatoms. The fourth-order valence-corrected chi connectivity index (χ4v) is 1.78. The predicted molar refractivity (Wildman–Crippen MR) is 60.2 cm³/mol. The number of hydrogen-bond donors (Lipinski definition) is 1. The summed E-state index contributed by atoms with van der Waals surface area (Å²) in [4.78, 5) is 11.5. The first-order valence-corrected chi connectivity index (χ1v) is 6.50. The molecule has 1 aromatic carbocycles. The smallest absolute Gasteiger partial charge is 0.240 e. The summed E-state index contributed by atoms with van der Waals surface area (Å²) in [7, 11) is -1.72. The third kappa shape index (κ3) is 3.32. The Labute approximate surface area is 94.7 Å². The van der Waals surface area contributed by atoms with Crippen LogP contribution in [-0.2, 0) is 21.1 Å². The zero-order chi connectivity index (χ0) is 12.3. The van der Waals surface area contributed by atoms with Crippen LogP contribution >= 0.6 is 0 Å². The lowest BCUT2D eigenvalue weighted by Crippen LogP contribution is -2.34. The second kappa shape index (κ2) is 4.63. The van der Waals surface area contributed by atoms with E-state index in [0.717, 1.165) is 16.8 Å². The summed E-state index contributed by atoms with van der Waals surface area (Å²) in [6.45, 7) is 0. The van der Waals surface area contributed by atoms with Gasteiger partial charge in [0.05, 0.1) is 11.3 Å². The molecule has 0 radical (unpaired) electrons. The second-order valence-electron chi connectivity index (χ2n) is 3.60. The van der Waals surface area contributed by atoms with Crippen molar-refractivity contribution in [2.75, 3.05) is 13.3 Å². The van der Waals surface area contributed by atoms with E-state index in [4.69, 9.17) is 5.84 Å². The molecule has 0 unspecified atom stereocenters. The molecular weight excluding hydrogens is 228 g/mol. The molecular formula is C10H14N2O3S. The van der Waals surface area contributed by atoms with Crippen LogP contribution in [0.3, 0.4) is 0 Å². The summed E-state index contributed by atoms with van der Waals surface area (Å²) >= 11 is 0. The summed E-state index contributed by atoms with van der Waals surface area (Å²) in [5, 5.41) is 1.00. The van der Waals surface area contributed by atoms with Crippen LogP contribution in [0, 0.1) is 0 Å². The van der Waals surface area contributed by atoms with Crippen molar-refractivity contribution in [1.82, 2.24) is 5.01 Å². The molecule has 88 valence electrons. The first kappa shape index (κ1) is 12.7. The maximum atomic E-state index is 11.3. The molecule has 0 saturated heterocycles. The van der Waals surface area contributed by atoms with Gasteiger partial charge in [-0.1, -0.05) is 12.1 Å². The Hall–Kier alpha value is -1.40. The van der Waals surface area contributed by atoms with Gasteiger partial charge in [-0.25, -0.2) is 14.3 Å². The molecule has 0 heterocycles. The number of nitrogens with zero attached hydrogens (tertiary/aromatic N) is 1. The highest BCUT2D eigenvalue weighted by Crippen LogP contribution is 2.10. The minimum absolute atomic E-state index is 0.164. The lowest BCUT2D eigenvalue weighted by Gasteiger charge is -2.09. The van der Waals surface area contributed by atoms with Crippen LogP contribution in [0.5, 0.6) is 0 Å². The summed E-state index contributed by atoms with van der Waals surface area (Å²) < 4.78 is 22.4. The maximum Gasteiger partial charge on any atom is 0.240 e. The van der Waals surface area contributed by atoms with Gasteiger partial charge >= 0.3 is 0 Å². The number of benzene rings is 1. The molecule has 0 fully saturated rings. The first-order chi connectivity index (χ1) is 7.30. The van der Waals surface area contributed by atoms with Gasteiger partial charge in [-0.15, -0.1) is 0 Å². The zero-order valence-electron chi connectivity index (χ0n) is 9.17. The minimum atomic E-state index is -3.18. The maximum absolute atomic E-state index is 11.3. The highest BCUT2D eigenvalue weighted by molar-refractivity contribution is 7.90. The Morgan fingerprint density at radius 3 is 2.19 bits per heavy atom. The van der Waals surface area contributed by atoms with Crippen molar-refractivity contribution in [3.05, 3.63) is 29.8 Å². The summed E-state index contributed by atoms with van der Waals surface area (Å²) in [5.74, 6) is 5.04. The van der Waals surface area contributed by atoms with Crippen LogP contribution in [-0.4, -0.2) is 32.6 Å². The molecule has 1 amide bonds. The Morgan fingerprint density at radius 1 is 1.31 bits per heavy atom. The number of sulfone groups is 1. The fourth-order valence-electron chi connectivity index (χ4n) is 1.15. The lowest BCUT2D eigenvalue weighted by molar-refractivity contribution is -0.129. The van der Waals surface area contributed by atoms with Gasteiger partial charge < -0.3 is 0 Å². The average Bonchev–Trinajstić information content (AvgIpc) is 2.17. The Balaban J connectivity index is 2.84. The zero-order valence-corrected chi connectivity index (χ0v) is 9.99. The highest BCUT2D eigenvalue weighted by Gasteiger charge is 2.09. The second-order valence-corrected chi connectivity index (χ2v) is 5.61. The molecule has 0 bridgehead atoms.